The van der Waals surface area contributed by atoms with E-state index in [1.807, 2.05) is 0 Å². The van der Waals surface area contributed by atoms with Crippen LogP contribution in [0.3, 0.4) is 0 Å². The Morgan fingerprint density at radius 2 is 1.53 bits per heavy atom. The quantitative estimate of drug-likeness (QED) is 0.205. The van der Waals surface area contributed by atoms with Crippen LogP contribution in [0.5, 0.6) is 0 Å². The van der Waals surface area contributed by atoms with Gasteiger partial charge in [0.05, 0.1) is 18.7 Å². The van der Waals surface area contributed by atoms with E-state index in [2.05, 4.69) is 0 Å². The smallest absolute Gasteiger partial charge is 0.547 e. The Morgan fingerprint density at radius 1 is 1.16 bits per heavy atom. The standard InChI is InChI=1S/C6H12O6.C3H6O3.Na/c7-1-3(9)5(11)6(12)4(10)2-8;1-2(4)3(5)6;/h1,3-6,8-12H,2H2;2,4H,1H3,(H,5,6);/q;;+1/p-1/t3-,4+,5+,6+;;/m0../s1. The zero-order valence-electron chi connectivity index (χ0n) is 10.6. The van der Waals surface area contributed by atoms with Crippen molar-refractivity contribution >= 4 is 12.3 Å². The number of aliphatic hydroxyl groups excluding tert-OH is 6. The van der Waals surface area contributed by atoms with Crippen LogP contribution in [0.15, 0.2) is 0 Å². The largest absolute Gasteiger partial charge is 1.00 e. The Bertz CT molecular complexity index is 248. The molecule has 0 aliphatic rings. The van der Waals surface area contributed by atoms with Crippen molar-refractivity contribution in [1.29, 1.82) is 0 Å². The minimum atomic E-state index is -1.79. The fraction of sp³-hybridized carbons (Fsp3) is 0.778. The second kappa shape index (κ2) is 12.9. The third kappa shape index (κ3) is 11.4. The fourth-order valence-corrected chi connectivity index (χ4v) is 0.618. The van der Waals surface area contributed by atoms with Crippen molar-refractivity contribution in [2.75, 3.05) is 6.61 Å². The Hall–Kier alpha value is -0.100. The number of carbonyl (C=O) groups excluding carboxylic acids is 2. The van der Waals surface area contributed by atoms with Gasteiger partial charge in [-0.3, -0.25) is 0 Å². The summed E-state index contributed by atoms with van der Waals surface area (Å²) >= 11 is 0. The van der Waals surface area contributed by atoms with Crippen LogP contribution >= 0.6 is 0 Å². The molecule has 9 nitrogen and oxygen atoms in total. The first-order valence-electron chi connectivity index (χ1n) is 4.86. The summed E-state index contributed by atoms with van der Waals surface area (Å²) in [7, 11) is 0. The molecule has 0 aromatic rings. The molecule has 1 unspecified atom stereocenters. The molecular formula is C9H17NaO9. The number of aldehydes is 1. The molecule has 0 bridgehead atoms. The first-order chi connectivity index (χ1) is 8.18. The van der Waals surface area contributed by atoms with Gasteiger partial charge in [-0.25, -0.2) is 0 Å². The van der Waals surface area contributed by atoms with E-state index in [-0.39, 0.29) is 35.8 Å². The summed E-state index contributed by atoms with van der Waals surface area (Å²) < 4.78 is 0. The average Bonchev–Trinajstić information content (AvgIpc) is 2.35. The SMILES string of the molecule is CC(O)C(=O)[O-].O=C[C@H](O)[C@@H](O)[C@H](O)[C@H](O)CO.[Na+]. The molecule has 0 fully saturated rings. The minimum absolute atomic E-state index is 0. The van der Waals surface area contributed by atoms with Gasteiger partial charge in [0.1, 0.15) is 24.4 Å². The van der Waals surface area contributed by atoms with Crippen molar-refractivity contribution in [1.82, 2.24) is 0 Å². The molecule has 0 amide bonds. The Balaban J connectivity index is -0.000000313. The molecule has 0 aliphatic carbocycles. The number of carbonyl (C=O) groups is 2. The van der Waals surface area contributed by atoms with Crippen molar-refractivity contribution < 1.29 is 74.9 Å². The molecule has 0 heterocycles. The molecule has 5 atom stereocenters. The van der Waals surface area contributed by atoms with Crippen LogP contribution < -0.4 is 34.7 Å². The van der Waals surface area contributed by atoms with E-state index in [1.165, 1.54) is 0 Å². The second-order valence-corrected chi connectivity index (χ2v) is 3.35. The van der Waals surface area contributed by atoms with Gasteiger partial charge < -0.3 is 45.3 Å². The molecule has 19 heavy (non-hydrogen) atoms. The summed E-state index contributed by atoms with van der Waals surface area (Å²) in [6, 6.07) is 0. The van der Waals surface area contributed by atoms with E-state index >= 15 is 0 Å². The van der Waals surface area contributed by atoms with Crippen molar-refractivity contribution in [2.45, 2.75) is 37.4 Å². The third-order valence-electron chi connectivity index (χ3n) is 1.76. The summed E-state index contributed by atoms with van der Waals surface area (Å²) in [4.78, 5) is 19.2. The Kier molecular flexibility index (Phi) is 16.3. The number of aliphatic carboxylic acids is 1. The topological polar surface area (TPSA) is 179 Å². The van der Waals surface area contributed by atoms with Gasteiger partial charge in [-0.2, -0.15) is 0 Å². The van der Waals surface area contributed by atoms with Crippen LogP contribution in [0.1, 0.15) is 6.92 Å². The first-order valence-corrected chi connectivity index (χ1v) is 4.86. The van der Waals surface area contributed by atoms with Gasteiger partial charge in [0.2, 0.25) is 0 Å². The first kappa shape index (κ1) is 24.0. The van der Waals surface area contributed by atoms with Gasteiger partial charge >= 0.3 is 29.6 Å². The molecule has 0 saturated carbocycles. The minimum Gasteiger partial charge on any atom is -0.547 e. The summed E-state index contributed by atoms with van der Waals surface area (Å²) in [6.07, 6.45) is -8.18. The molecule has 108 valence electrons. The van der Waals surface area contributed by atoms with Gasteiger partial charge in [0.15, 0.2) is 6.29 Å². The van der Waals surface area contributed by atoms with Gasteiger partial charge in [-0.15, -0.1) is 0 Å². The molecule has 0 saturated heterocycles. The number of carboxylic acids is 1. The molecule has 10 heteroatoms. The van der Waals surface area contributed by atoms with Crippen LogP contribution in [-0.4, -0.2) is 80.0 Å². The van der Waals surface area contributed by atoms with Gasteiger partial charge in [-0.05, 0) is 6.92 Å². The van der Waals surface area contributed by atoms with Crippen LogP contribution in [0.25, 0.3) is 0 Å². The van der Waals surface area contributed by atoms with E-state index in [9.17, 15) is 14.7 Å². The molecule has 6 N–H and O–H groups in total. The van der Waals surface area contributed by atoms with Crippen LogP contribution in [0.4, 0.5) is 0 Å². The number of hydrogen-bond acceptors (Lipinski definition) is 9. The van der Waals surface area contributed by atoms with E-state index in [1.54, 1.807) is 0 Å². The monoisotopic (exact) mass is 292 g/mol. The summed E-state index contributed by atoms with van der Waals surface area (Å²) in [5, 5.41) is 60.8. The molecule has 0 aromatic carbocycles. The number of hydrogen-bond donors (Lipinski definition) is 6. The average molecular weight is 292 g/mol. The zero-order valence-corrected chi connectivity index (χ0v) is 12.6. The maximum absolute atomic E-state index is 9.90. The second-order valence-electron chi connectivity index (χ2n) is 3.35. The molecule has 0 spiro atoms. The van der Waals surface area contributed by atoms with E-state index < -0.39 is 43.1 Å². The summed E-state index contributed by atoms with van der Waals surface area (Å²) in [6.45, 7) is 0.374. The third-order valence-corrected chi connectivity index (χ3v) is 1.76. The van der Waals surface area contributed by atoms with Gasteiger partial charge in [0.25, 0.3) is 0 Å². The Labute approximate surface area is 131 Å². The van der Waals surface area contributed by atoms with E-state index in [0.29, 0.717) is 0 Å². The zero-order chi connectivity index (χ0) is 14.9. The predicted molar refractivity (Wildman–Crippen MR) is 53.9 cm³/mol. The molecule has 0 radical (unpaired) electrons. The molecule has 0 rings (SSSR count). The maximum atomic E-state index is 9.90. The van der Waals surface area contributed by atoms with E-state index in [4.69, 9.17) is 30.6 Å². The maximum Gasteiger partial charge on any atom is 1.00 e. The molecule has 0 aromatic heterocycles. The van der Waals surface area contributed by atoms with Crippen molar-refractivity contribution in [2.24, 2.45) is 0 Å². The van der Waals surface area contributed by atoms with Crippen LogP contribution in [0, 0.1) is 0 Å². The summed E-state index contributed by atoms with van der Waals surface area (Å²) in [5.74, 6) is -1.44. The predicted octanol–water partition coefficient (Wildman–Crippen LogP) is -8.26. The summed E-state index contributed by atoms with van der Waals surface area (Å²) in [5.41, 5.74) is 0. The number of carboxylic acid groups (broad SMARTS) is 1. The van der Waals surface area contributed by atoms with Crippen molar-refractivity contribution in [3.05, 3.63) is 0 Å². The van der Waals surface area contributed by atoms with Crippen molar-refractivity contribution in [3.8, 4) is 0 Å². The Morgan fingerprint density at radius 3 is 1.74 bits per heavy atom. The van der Waals surface area contributed by atoms with Crippen molar-refractivity contribution in [3.63, 3.8) is 0 Å². The number of rotatable bonds is 6. The van der Waals surface area contributed by atoms with Gasteiger partial charge in [-0.1, -0.05) is 0 Å². The number of aliphatic hydroxyl groups is 6. The van der Waals surface area contributed by atoms with Crippen LogP contribution in [-0.2, 0) is 9.59 Å². The molecule has 0 aliphatic heterocycles. The van der Waals surface area contributed by atoms with Gasteiger partial charge in [0, 0.05) is 0 Å². The van der Waals surface area contributed by atoms with E-state index in [0.717, 1.165) is 6.92 Å². The van der Waals surface area contributed by atoms with Crippen LogP contribution in [0.2, 0.25) is 0 Å². The normalized spacial score (nSPS) is 17.6. The fourth-order valence-electron chi connectivity index (χ4n) is 0.618. The molecular weight excluding hydrogens is 275 g/mol.